The zero-order valence-corrected chi connectivity index (χ0v) is 12.3. The predicted molar refractivity (Wildman–Crippen MR) is 79.2 cm³/mol. The zero-order valence-electron chi connectivity index (χ0n) is 12.3. The summed E-state index contributed by atoms with van der Waals surface area (Å²) in [7, 11) is 0. The molecular formula is C18H26O. The van der Waals surface area contributed by atoms with Crippen molar-refractivity contribution in [3.8, 4) is 0 Å². The van der Waals surface area contributed by atoms with Gasteiger partial charge in [-0.15, -0.1) is 0 Å². The average Bonchev–Trinajstić information content (AvgIpc) is 2.81. The van der Waals surface area contributed by atoms with Gasteiger partial charge in [-0.25, -0.2) is 0 Å². The lowest BCUT2D eigenvalue weighted by Gasteiger charge is -2.42. The van der Waals surface area contributed by atoms with Crippen LogP contribution in [0.25, 0.3) is 0 Å². The van der Waals surface area contributed by atoms with Gasteiger partial charge in [-0.1, -0.05) is 42.2 Å². The van der Waals surface area contributed by atoms with Gasteiger partial charge < -0.3 is 5.11 Å². The van der Waals surface area contributed by atoms with Gasteiger partial charge in [-0.2, -0.15) is 0 Å². The maximum atomic E-state index is 11.0. The summed E-state index contributed by atoms with van der Waals surface area (Å²) < 4.78 is 0. The zero-order chi connectivity index (χ0) is 13.5. The fraction of sp³-hybridized carbons (Fsp3) is 0.667. The minimum atomic E-state index is -0.565. The van der Waals surface area contributed by atoms with E-state index >= 15 is 0 Å². The van der Waals surface area contributed by atoms with Gasteiger partial charge in [0, 0.05) is 0 Å². The normalized spacial score (nSPS) is 24.8. The smallest absolute Gasteiger partial charge is 0.0897 e. The van der Waals surface area contributed by atoms with E-state index < -0.39 is 5.60 Å². The van der Waals surface area contributed by atoms with Crippen molar-refractivity contribution in [3.05, 3.63) is 34.9 Å². The van der Waals surface area contributed by atoms with Crippen molar-refractivity contribution < 1.29 is 5.11 Å². The van der Waals surface area contributed by atoms with E-state index in [2.05, 4.69) is 32.0 Å². The van der Waals surface area contributed by atoms with Crippen LogP contribution in [0.15, 0.2) is 18.2 Å². The van der Waals surface area contributed by atoms with Crippen molar-refractivity contribution in [3.63, 3.8) is 0 Å². The van der Waals surface area contributed by atoms with Crippen molar-refractivity contribution in [2.24, 2.45) is 5.41 Å². The maximum Gasteiger partial charge on any atom is 0.0897 e. The molecule has 3 rings (SSSR count). The predicted octanol–water partition coefficient (Wildman–Crippen LogP) is 4.63. The first-order chi connectivity index (χ1) is 9.01. The largest absolute Gasteiger partial charge is 0.385 e. The summed E-state index contributed by atoms with van der Waals surface area (Å²) >= 11 is 0. The molecule has 2 aliphatic rings. The molecular weight excluding hydrogens is 232 g/mol. The topological polar surface area (TPSA) is 20.2 Å². The number of aryl methyl sites for hydroxylation is 2. The molecule has 1 spiro atoms. The van der Waals surface area contributed by atoms with Crippen LogP contribution in [0.5, 0.6) is 0 Å². The molecule has 1 aromatic carbocycles. The second kappa shape index (κ2) is 4.63. The van der Waals surface area contributed by atoms with E-state index in [1.807, 2.05) is 0 Å². The third-order valence-corrected chi connectivity index (χ3v) is 5.56. The molecule has 2 fully saturated rings. The number of benzene rings is 1. The Kier molecular flexibility index (Phi) is 3.21. The quantitative estimate of drug-likeness (QED) is 0.779. The van der Waals surface area contributed by atoms with E-state index in [0.717, 1.165) is 18.4 Å². The van der Waals surface area contributed by atoms with Crippen LogP contribution in [0.1, 0.15) is 68.1 Å². The molecule has 0 radical (unpaired) electrons. The van der Waals surface area contributed by atoms with Crippen molar-refractivity contribution in [1.29, 1.82) is 0 Å². The lowest BCUT2D eigenvalue weighted by Crippen LogP contribution is -2.36. The Morgan fingerprint density at radius 1 is 0.789 bits per heavy atom. The van der Waals surface area contributed by atoms with Gasteiger partial charge in [0.2, 0.25) is 0 Å². The number of rotatable bonds is 1. The molecule has 1 heteroatoms. The maximum absolute atomic E-state index is 11.0. The Bertz CT molecular complexity index is 438. The van der Waals surface area contributed by atoms with Crippen molar-refractivity contribution >= 4 is 0 Å². The van der Waals surface area contributed by atoms with E-state index in [4.69, 9.17) is 0 Å². The second-order valence-electron chi connectivity index (χ2n) is 7.12. The highest BCUT2D eigenvalue weighted by Crippen LogP contribution is 2.53. The highest BCUT2D eigenvalue weighted by Gasteiger charge is 2.43. The minimum Gasteiger partial charge on any atom is -0.385 e. The van der Waals surface area contributed by atoms with E-state index in [1.165, 1.54) is 49.7 Å². The highest BCUT2D eigenvalue weighted by atomic mass is 16.3. The van der Waals surface area contributed by atoms with Crippen LogP contribution in [0.2, 0.25) is 0 Å². The summed E-state index contributed by atoms with van der Waals surface area (Å²) in [5.74, 6) is 0. The molecule has 0 bridgehead atoms. The van der Waals surface area contributed by atoms with Crippen LogP contribution in [0.3, 0.4) is 0 Å². The summed E-state index contributed by atoms with van der Waals surface area (Å²) in [4.78, 5) is 0. The standard InChI is InChI=1S/C18H26O/c1-14-11-15(2)13-16(12-14)18(19)9-7-17(8-10-18)5-3-4-6-17/h11-13,19H,3-10H2,1-2H3. The average molecular weight is 258 g/mol. The highest BCUT2D eigenvalue weighted by molar-refractivity contribution is 5.33. The Hall–Kier alpha value is -0.820. The molecule has 0 atom stereocenters. The number of hydrogen-bond donors (Lipinski definition) is 1. The van der Waals surface area contributed by atoms with E-state index in [0.29, 0.717) is 5.41 Å². The van der Waals surface area contributed by atoms with E-state index in [-0.39, 0.29) is 0 Å². The van der Waals surface area contributed by atoms with Crippen molar-refractivity contribution in [2.75, 3.05) is 0 Å². The van der Waals surface area contributed by atoms with Gasteiger partial charge in [0.1, 0.15) is 0 Å². The van der Waals surface area contributed by atoms with Gasteiger partial charge in [0.25, 0.3) is 0 Å². The lowest BCUT2D eigenvalue weighted by atomic mass is 9.66. The SMILES string of the molecule is Cc1cc(C)cc(C2(O)CCC3(CCCC3)CC2)c1. The molecule has 1 nitrogen and oxygen atoms in total. The minimum absolute atomic E-state index is 0.565. The van der Waals surface area contributed by atoms with E-state index in [1.54, 1.807) is 0 Å². The fourth-order valence-corrected chi connectivity index (χ4v) is 4.35. The monoisotopic (exact) mass is 258 g/mol. The fourth-order valence-electron chi connectivity index (χ4n) is 4.35. The molecule has 104 valence electrons. The Balaban J connectivity index is 1.81. The van der Waals surface area contributed by atoms with Crippen LogP contribution < -0.4 is 0 Å². The molecule has 19 heavy (non-hydrogen) atoms. The molecule has 0 heterocycles. The first-order valence-corrected chi connectivity index (χ1v) is 7.83. The second-order valence-corrected chi connectivity index (χ2v) is 7.12. The first-order valence-electron chi connectivity index (χ1n) is 7.83. The van der Waals surface area contributed by atoms with E-state index in [9.17, 15) is 5.11 Å². The summed E-state index contributed by atoms with van der Waals surface area (Å²) in [5.41, 5.74) is 3.71. The lowest BCUT2D eigenvalue weighted by molar-refractivity contribution is -0.0377. The number of aliphatic hydroxyl groups is 1. The number of hydrogen-bond acceptors (Lipinski definition) is 1. The Morgan fingerprint density at radius 2 is 1.32 bits per heavy atom. The van der Waals surface area contributed by atoms with Crippen LogP contribution in [-0.4, -0.2) is 5.11 Å². The van der Waals surface area contributed by atoms with Crippen LogP contribution in [-0.2, 0) is 5.60 Å². The van der Waals surface area contributed by atoms with Crippen LogP contribution in [0.4, 0.5) is 0 Å². The summed E-state index contributed by atoms with van der Waals surface area (Å²) in [6.45, 7) is 4.25. The molecule has 0 aromatic heterocycles. The third kappa shape index (κ3) is 2.45. The molecule has 0 saturated heterocycles. The van der Waals surface area contributed by atoms with Gasteiger partial charge in [0.15, 0.2) is 0 Å². The van der Waals surface area contributed by atoms with Crippen molar-refractivity contribution in [1.82, 2.24) is 0 Å². The first kappa shape index (κ1) is 13.2. The molecule has 0 amide bonds. The molecule has 0 unspecified atom stereocenters. The summed E-state index contributed by atoms with van der Waals surface area (Å²) in [5, 5.41) is 11.0. The molecule has 1 aromatic rings. The third-order valence-electron chi connectivity index (χ3n) is 5.56. The molecule has 0 aliphatic heterocycles. The van der Waals surface area contributed by atoms with Crippen LogP contribution >= 0.6 is 0 Å². The van der Waals surface area contributed by atoms with Gasteiger partial charge in [-0.05, 0) is 63.4 Å². The Labute approximate surface area is 117 Å². The Morgan fingerprint density at radius 3 is 1.84 bits per heavy atom. The molecule has 2 saturated carbocycles. The van der Waals surface area contributed by atoms with Gasteiger partial charge in [0.05, 0.1) is 5.60 Å². The molecule has 1 N–H and O–H groups in total. The van der Waals surface area contributed by atoms with Crippen LogP contribution in [0, 0.1) is 19.3 Å². The molecule has 2 aliphatic carbocycles. The summed E-state index contributed by atoms with van der Waals surface area (Å²) in [6.07, 6.45) is 9.95. The summed E-state index contributed by atoms with van der Waals surface area (Å²) in [6, 6.07) is 6.55. The van der Waals surface area contributed by atoms with Crippen molar-refractivity contribution in [2.45, 2.75) is 70.8 Å². The van der Waals surface area contributed by atoms with Gasteiger partial charge >= 0.3 is 0 Å². The van der Waals surface area contributed by atoms with Gasteiger partial charge in [-0.3, -0.25) is 0 Å².